The average molecular weight is 338 g/mol. The number of hydrogen-bond acceptors (Lipinski definition) is 4. The first-order valence-electron chi connectivity index (χ1n) is 6.71. The Morgan fingerprint density at radius 3 is 2.70 bits per heavy atom. The van der Waals surface area contributed by atoms with Gasteiger partial charge in [-0.2, -0.15) is 0 Å². The number of carbonyl (C=O) groups excluding carboxylic acids is 1. The van der Waals surface area contributed by atoms with E-state index in [2.05, 4.69) is 38.0 Å². The molecule has 1 amide bonds. The van der Waals surface area contributed by atoms with Crippen LogP contribution in [0.25, 0.3) is 5.65 Å². The van der Waals surface area contributed by atoms with Crippen LogP contribution in [0.2, 0.25) is 0 Å². The summed E-state index contributed by atoms with van der Waals surface area (Å²) in [6, 6.07) is 3.72. The molecular weight excluding hydrogens is 322 g/mol. The molecule has 3 heterocycles. The Labute approximate surface area is 125 Å². The van der Waals surface area contributed by atoms with Crippen molar-refractivity contribution in [3.8, 4) is 0 Å². The summed E-state index contributed by atoms with van der Waals surface area (Å²) in [4.78, 5) is 16.7. The Bertz CT molecular complexity index is 633. The Balaban J connectivity index is 1.84. The molecule has 0 bridgehead atoms. The predicted molar refractivity (Wildman–Crippen MR) is 78.7 cm³/mol. The van der Waals surface area contributed by atoms with Gasteiger partial charge in [0, 0.05) is 36.8 Å². The van der Waals surface area contributed by atoms with Crippen LogP contribution >= 0.6 is 15.9 Å². The summed E-state index contributed by atoms with van der Waals surface area (Å²) < 4.78 is 2.63. The number of piperazine rings is 1. The fourth-order valence-corrected chi connectivity index (χ4v) is 2.76. The lowest BCUT2D eigenvalue weighted by Crippen LogP contribution is -2.48. The van der Waals surface area contributed by atoms with Gasteiger partial charge in [0.2, 0.25) is 5.82 Å². The van der Waals surface area contributed by atoms with Gasteiger partial charge in [-0.15, -0.1) is 10.2 Å². The minimum absolute atomic E-state index is 0.0497. The third-order valence-electron chi connectivity index (χ3n) is 3.66. The molecule has 7 heteroatoms. The first-order valence-corrected chi connectivity index (χ1v) is 7.50. The van der Waals surface area contributed by atoms with Crippen LogP contribution in [-0.4, -0.2) is 63.0 Å². The molecule has 0 saturated carbocycles. The SMILES string of the molecule is CCN1CCN(C(=O)c2nnc3ccc(Br)cn23)CC1. The van der Waals surface area contributed by atoms with Gasteiger partial charge in [0.15, 0.2) is 5.65 Å². The molecule has 2 aromatic heterocycles. The van der Waals surface area contributed by atoms with Crippen LogP contribution in [-0.2, 0) is 0 Å². The van der Waals surface area contributed by atoms with Crippen LogP contribution < -0.4 is 0 Å². The van der Waals surface area contributed by atoms with Crippen molar-refractivity contribution in [2.45, 2.75) is 6.92 Å². The van der Waals surface area contributed by atoms with E-state index in [0.29, 0.717) is 11.5 Å². The molecule has 106 valence electrons. The molecule has 0 aromatic carbocycles. The van der Waals surface area contributed by atoms with Gasteiger partial charge in [-0.1, -0.05) is 6.92 Å². The molecule has 20 heavy (non-hydrogen) atoms. The monoisotopic (exact) mass is 337 g/mol. The number of rotatable bonds is 2. The lowest BCUT2D eigenvalue weighted by Gasteiger charge is -2.33. The zero-order chi connectivity index (χ0) is 14.1. The maximum Gasteiger partial charge on any atom is 0.292 e. The number of nitrogens with zero attached hydrogens (tertiary/aromatic N) is 5. The van der Waals surface area contributed by atoms with Crippen LogP contribution in [0.3, 0.4) is 0 Å². The molecule has 0 N–H and O–H groups in total. The second kappa shape index (κ2) is 5.49. The summed E-state index contributed by atoms with van der Waals surface area (Å²) in [6.45, 7) is 6.50. The highest BCUT2D eigenvalue weighted by Gasteiger charge is 2.24. The molecule has 0 aliphatic carbocycles. The predicted octanol–water partition coefficient (Wildman–Crippen LogP) is 1.27. The lowest BCUT2D eigenvalue weighted by molar-refractivity contribution is 0.0630. The smallest absolute Gasteiger partial charge is 0.292 e. The van der Waals surface area contributed by atoms with E-state index in [1.807, 2.05) is 23.2 Å². The van der Waals surface area contributed by atoms with Gasteiger partial charge in [0.1, 0.15) is 0 Å². The van der Waals surface area contributed by atoms with Gasteiger partial charge >= 0.3 is 0 Å². The van der Waals surface area contributed by atoms with Crippen molar-refractivity contribution in [2.24, 2.45) is 0 Å². The number of hydrogen-bond donors (Lipinski definition) is 0. The quantitative estimate of drug-likeness (QED) is 0.828. The fraction of sp³-hybridized carbons (Fsp3) is 0.462. The minimum Gasteiger partial charge on any atom is -0.333 e. The van der Waals surface area contributed by atoms with Crippen molar-refractivity contribution >= 4 is 27.5 Å². The molecule has 3 rings (SSSR count). The maximum absolute atomic E-state index is 12.5. The summed E-state index contributed by atoms with van der Waals surface area (Å²) in [7, 11) is 0. The van der Waals surface area contributed by atoms with Crippen molar-refractivity contribution < 1.29 is 4.79 Å². The van der Waals surface area contributed by atoms with Crippen molar-refractivity contribution in [1.29, 1.82) is 0 Å². The van der Waals surface area contributed by atoms with E-state index >= 15 is 0 Å². The fourth-order valence-electron chi connectivity index (χ4n) is 2.42. The Morgan fingerprint density at radius 1 is 1.25 bits per heavy atom. The van der Waals surface area contributed by atoms with Crippen LogP contribution in [0, 0.1) is 0 Å². The van der Waals surface area contributed by atoms with E-state index in [0.717, 1.165) is 37.2 Å². The molecular formula is C13H16BrN5O. The highest BCUT2D eigenvalue weighted by molar-refractivity contribution is 9.10. The normalized spacial score (nSPS) is 16.8. The first-order chi connectivity index (χ1) is 9.69. The largest absolute Gasteiger partial charge is 0.333 e. The van der Waals surface area contributed by atoms with E-state index in [4.69, 9.17) is 0 Å². The maximum atomic E-state index is 12.5. The van der Waals surface area contributed by atoms with Gasteiger partial charge < -0.3 is 9.80 Å². The highest BCUT2D eigenvalue weighted by Crippen LogP contribution is 2.14. The average Bonchev–Trinajstić information content (AvgIpc) is 2.89. The number of fused-ring (bicyclic) bond motifs is 1. The third-order valence-corrected chi connectivity index (χ3v) is 4.13. The molecule has 0 radical (unpaired) electrons. The van der Waals surface area contributed by atoms with Crippen LogP contribution in [0.1, 0.15) is 17.5 Å². The number of amides is 1. The van der Waals surface area contributed by atoms with E-state index in [1.54, 1.807) is 4.40 Å². The summed E-state index contributed by atoms with van der Waals surface area (Å²) >= 11 is 3.41. The van der Waals surface area contributed by atoms with Crippen molar-refractivity contribution in [2.75, 3.05) is 32.7 Å². The molecule has 1 aliphatic heterocycles. The molecule has 1 fully saturated rings. The molecule has 1 saturated heterocycles. The minimum atomic E-state index is -0.0497. The zero-order valence-corrected chi connectivity index (χ0v) is 12.9. The van der Waals surface area contributed by atoms with Crippen LogP contribution in [0.4, 0.5) is 0 Å². The Kier molecular flexibility index (Phi) is 3.71. The van der Waals surface area contributed by atoms with Gasteiger partial charge in [-0.05, 0) is 34.6 Å². The molecule has 0 unspecified atom stereocenters. The molecule has 6 nitrogen and oxygen atoms in total. The first kappa shape index (κ1) is 13.5. The van der Waals surface area contributed by atoms with Crippen molar-refractivity contribution in [3.63, 3.8) is 0 Å². The molecule has 0 atom stereocenters. The lowest BCUT2D eigenvalue weighted by atomic mass is 10.3. The van der Waals surface area contributed by atoms with Crippen molar-refractivity contribution in [3.05, 3.63) is 28.6 Å². The molecule has 0 spiro atoms. The summed E-state index contributed by atoms with van der Waals surface area (Å²) in [6.07, 6.45) is 1.82. The van der Waals surface area contributed by atoms with Gasteiger partial charge in [-0.25, -0.2) is 0 Å². The zero-order valence-electron chi connectivity index (χ0n) is 11.3. The number of carbonyl (C=O) groups is 1. The van der Waals surface area contributed by atoms with Gasteiger partial charge in [-0.3, -0.25) is 9.20 Å². The van der Waals surface area contributed by atoms with Crippen LogP contribution in [0.15, 0.2) is 22.8 Å². The second-order valence-electron chi connectivity index (χ2n) is 4.83. The van der Waals surface area contributed by atoms with Gasteiger partial charge in [0.25, 0.3) is 5.91 Å². The number of likely N-dealkylation sites (N-methyl/N-ethyl adjacent to an activating group) is 1. The Hall–Kier alpha value is -1.47. The summed E-state index contributed by atoms with van der Waals surface area (Å²) in [5.74, 6) is 0.331. The van der Waals surface area contributed by atoms with E-state index in [-0.39, 0.29) is 5.91 Å². The van der Waals surface area contributed by atoms with Crippen LogP contribution in [0.5, 0.6) is 0 Å². The topological polar surface area (TPSA) is 53.7 Å². The second-order valence-corrected chi connectivity index (χ2v) is 5.74. The standard InChI is InChI=1S/C13H16BrN5O/c1-2-17-5-7-18(8-6-17)13(20)12-16-15-11-4-3-10(14)9-19(11)12/h3-4,9H,2,5-8H2,1H3. The van der Waals surface area contributed by atoms with Crippen molar-refractivity contribution in [1.82, 2.24) is 24.4 Å². The third kappa shape index (κ3) is 2.43. The molecule has 2 aromatic rings. The summed E-state index contributed by atoms with van der Waals surface area (Å²) in [5, 5.41) is 8.08. The number of halogens is 1. The number of aromatic nitrogens is 3. The number of pyridine rings is 1. The molecule has 1 aliphatic rings. The van der Waals surface area contributed by atoms with E-state index < -0.39 is 0 Å². The Morgan fingerprint density at radius 2 is 2.00 bits per heavy atom. The summed E-state index contributed by atoms with van der Waals surface area (Å²) in [5.41, 5.74) is 0.684. The highest BCUT2D eigenvalue weighted by atomic mass is 79.9. The van der Waals surface area contributed by atoms with Gasteiger partial charge in [0.05, 0.1) is 0 Å². The van der Waals surface area contributed by atoms with E-state index in [9.17, 15) is 4.79 Å². The van der Waals surface area contributed by atoms with E-state index in [1.165, 1.54) is 0 Å².